The smallest absolute Gasteiger partial charge is 0.00248 e. The van der Waals surface area contributed by atoms with E-state index in [0.717, 1.165) is 0 Å². The summed E-state index contributed by atoms with van der Waals surface area (Å²) in [5.74, 6) is 0. The van der Waals surface area contributed by atoms with Gasteiger partial charge in [0.15, 0.2) is 0 Å². The van der Waals surface area contributed by atoms with Crippen molar-refractivity contribution in [3.63, 3.8) is 0 Å². The van der Waals surface area contributed by atoms with Crippen LogP contribution in [0, 0.1) is 0 Å². The van der Waals surface area contributed by atoms with Crippen LogP contribution in [0.5, 0.6) is 0 Å². The highest BCUT2D eigenvalue weighted by atomic mass is 15.0. The lowest BCUT2D eigenvalue weighted by Gasteiger charge is -2.08. The van der Waals surface area contributed by atoms with Crippen molar-refractivity contribution >= 4 is 0 Å². The molecule has 0 aromatic heterocycles. The van der Waals surface area contributed by atoms with Crippen molar-refractivity contribution in [1.29, 1.82) is 0 Å². The van der Waals surface area contributed by atoms with Gasteiger partial charge in [-0.15, -0.1) is 6.58 Å². The molecule has 0 radical (unpaired) electrons. The molecule has 0 aliphatic carbocycles. The Balaban J connectivity index is 2.96. The quantitative estimate of drug-likeness (QED) is 0.411. The third-order valence-corrected chi connectivity index (χ3v) is 2.21. The fourth-order valence-corrected chi connectivity index (χ4v) is 1.39. The third-order valence-electron chi connectivity index (χ3n) is 2.21. The Kier molecular flexibility index (Phi) is 8.11. The maximum absolute atomic E-state index is 3.91. The number of hydrogen-bond donors (Lipinski definition) is 0. The predicted octanol–water partition coefficient (Wildman–Crippen LogP) is 3.46. The Labute approximate surface area is 83.8 Å². The second-order valence-corrected chi connectivity index (χ2v) is 4.28. The largest absolute Gasteiger partial charge is 0.309 e. The summed E-state index contributed by atoms with van der Waals surface area (Å²) in [6, 6.07) is 0. The van der Waals surface area contributed by atoms with Crippen molar-refractivity contribution < 1.29 is 0 Å². The zero-order valence-corrected chi connectivity index (χ0v) is 9.60. The van der Waals surface area contributed by atoms with Crippen LogP contribution in [0.4, 0.5) is 0 Å². The molecule has 0 bridgehead atoms. The maximum atomic E-state index is 3.91. The van der Waals surface area contributed by atoms with E-state index in [0.29, 0.717) is 0 Å². The van der Waals surface area contributed by atoms with Crippen LogP contribution in [-0.4, -0.2) is 25.5 Å². The lowest BCUT2D eigenvalue weighted by atomic mass is 10.1. The molecule has 0 rings (SSSR count). The molecule has 0 saturated heterocycles. The first-order valence-corrected chi connectivity index (χ1v) is 5.42. The zero-order valence-electron chi connectivity index (χ0n) is 9.60. The van der Waals surface area contributed by atoms with Gasteiger partial charge < -0.3 is 4.90 Å². The first-order valence-electron chi connectivity index (χ1n) is 5.42. The van der Waals surface area contributed by atoms with E-state index in [2.05, 4.69) is 32.5 Å². The summed E-state index contributed by atoms with van der Waals surface area (Å²) in [4.78, 5) is 2.26. The van der Waals surface area contributed by atoms with E-state index in [1.807, 2.05) is 0 Å². The van der Waals surface area contributed by atoms with Crippen molar-refractivity contribution in [2.75, 3.05) is 20.6 Å². The monoisotopic (exact) mass is 183 g/mol. The summed E-state index contributed by atoms with van der Waals surface area (Å²) in [6.45, 7) is 7.26. The SMILES string of the molecule is C=C(C)CCCCCCCN(C)C. The summed E-state index contributed by atoms with van der Waals surface area (Å²) in [7, 11) is 4.28. The second kappa shape index (κ2) is 8.31. The van der Waals surface area contributed by atoms with E-state index in [4.69, 9.17) is 0 Å². The molecule has 0 saturated carbocycles. The van der Waals surface area contributed by atoms with Gasteiger partial charge in [-0.25, -0.2) is 0 Å². The molecule has 0 N–H and O–H groups in total. The molecule has 0 spiro atoms. The summed E-state index contributed by atoms with van der Waals surface area (Å²) in [6.07, 6.45) is 8.04. The molecule has 0 unspecified atom stereocenters. The molecule has 0 amide bonds. The number of rotatable bonds is 8. The molecular formula is C12H25N. The Morgan fingerprint density at radius 3 is 2.08 bits per heavy atom. The van der Waals surface area contributed by atoms with Gasteiger partial charge in [0.25, 0.3) is 0 Å². The minimum atomic E-state index is 1.22. The fraction of sp³-hybridized carbons (Fsp3) is 0.833. The van der Waals surface area contributed by atoms with E-state index in [1.165, 1.54) is 50.6 Å². The Bertz CT molecular complexity index is 127. The van der Waals surface area contributed by atoms with Gasteiger partial charge in [-0.05, 0) is 46.8 Å². The van der Waals surface area contributed by atoms with Crippen LogP contribution < -0.4 is 0 Å². The first kappa shape index (κ1) is 12.7. The van der Waals surface area contributed by atoms with Gasteiger partial charge in [0.05, 0.1) is 0 Å². The van der Waals surface area contributed by atoms with Gasteiger partial charge >= 0.3 is 0 Å². The Hall–Kier alpha value is -0.300. The summed E-state index contributed by atoms with van der Waals surface area (Å²) < 4.78 is 0. The molecule has 1 nitrogen and oxygen atoms in total. The van der Waals surface area contributed by atoms with Crippen molar-refractivity contribution in [1.82, 2.24) is 4.90 Å². The van der Waals surface area contributed by atoms with E-state index in [1.54, 1.807) is 0 Å². The molecule has 0 atom stereocenters. The highest BCUT2D eigenvalue weighted by Crippen LogP contribution is 2.08. The van der Waals surface area contributed by atoms with Gasteiger partial charge in [-0.3, -0.25) is 0 Å². The van der Waals surface area contributed by atoms with Crippen LogP contribution in [0.15, 0.2) is 12.2 Å². The average molecular weight is 183 g/mol. The van der Waals surface area contributed by atoms with Crippen LogP contribution in [-0.2, 0) is 0 Å². The summed E-state index contributed by atoms with van der Waals surface area (Å²) in [5.41, 5.74) is 1.33. The number of allylic oxidation sites excluding steroid dienone is 1. The minimum absolute atomic E-state index is 1.22. The van der Waals surface area contributed by atoms with Crippen molar-refractivity contribution in [2.45, 2.75) is 45.4 Å². The maximum Gasteiger partial charge on any atom is -0.00248 e. The summed E-state index contributed by atoms with van der Waals surface area (Å²) in [5, 5.41) is 0. The highest BCUT2D eigenvalue weighted by molar-refractivity contribution is 4.86. The van der Waals surface area contributed by atoms with Gasteiger partial charge in [-0.1, -0.05) is 24.8 Å². The summed E-state index contributed by atoms with van der Waals surface area (Å²) >= 11 is 0. The highest BCUT2D eigenvalue weighted by Gasteiger charge is 1.92. The van der Waals surface area contributed by atoms with Crippen LogP contribution in [0.2, 0.25) is 0 Å². The lowest BCUT2D eigenvalue weighted by Crippen LogP contribution is -2.12. The molecule has 0 fully saturated rings. The van der Waals surface area contributed by atoms with E-state index < -0.39 is 0 Å². The van der Waals surface area contributed by atoms with Crippen LogP contribution >= 0.6 is 0 Å². The number of nitrogens with zero attached hydrogens (tertiary/aromatic N) is 1. The molecule has 1 heteroatoms. The van der Waals surface area contributed by atoms with Crippen molar-refractivity contribution in [2.24, 2.45) is 0 Å². The van der Waals surface area contributed by atoms with E-state index in [9.17, 15) is 0 Å². The topological polar surface area (TPSA) is 3.24 Å². The van der Waals surface area contributed by atoms with E-state index >= 15 is 0 Å². The van der Waals surface area contributed by atoms with Crippen LogP contribution in [0.1, 0.15) is 45.4 Å². The molecule has 0 aliphatic heterocycles. The van der Waals surface area contributed by atoms with Gasteiger partial charge in [-0.2, -0.15) is 0 Å². The molecule has 13 heavy (non-hydrogen) atoms. The normalized spacial score (nSPS) is 10.8. The number of unbranched alkanes of at least 4 members (excludes halogenated alkanes) is 4. The molecule has 0 heterocycles. The minimum Gasteiger partial charge on any atom is -0.309 e. The van der Waals surface area contributed by atoms with E-state index in [-0.39, 0.29) is 0 Å². The van der Waals surface area contributed by atoms with Crippen LogP contribution in [0.3, 0.4) is 0 Å². The molecule has 0 aliphatic rings. The number of hydrogen-bond acceptors (Lipinski definition) is 1. The Morgan fingerprint density at radius 1 is 1.00 bits per heavy atom. The molecule has 0 aromatic carbocycles. The first-order chi connectivity index (χ1) is 6.13. The fourth-order valence-electron chi connectivity index (χ4n) is 1.39. The lowest BCUT2D eigenvalue weighted by molar-refractivity contribution is 0.389. The molecule has 78 valence electrons. The van der Waals surface area contributed by atoms with Gasteiger partial charge in [0.2, 0.25) is 0 Å². The second-order valence-electron chi connectivity index (χ2n) is 4.28. The average Bonchev–Trinajstić information content (AvgIpc) is 2.01. The zero-order chi connectivity index (χ0) is 10.1. The van der Waals surface area contributed by atoms with Crippen LogP contribution in [0.25, 0.3) is 0 Å². The molecule has 0 aromatic rings. The van der Waals surface area contributed by atoms with Gasteiger partial charge in [0.1, 0.15) is 0 Å². The Morgan fingerprint density at radius 2 is 1.54 bits per heavy atom. The van der Waals surface area contributed by atoms with Crippen molar-refractivity contribution in [3.05, 3.63) is 12.2 Å². The predicted molar refractivity (Wildman–Crippen MR) is 61.1 cm³/mol. The van der Waals surface area contributed by atoms with Gasteiger partial charge in [0, 0.05) is 0 Å². The van der Waals surface area contributed by atoms with Crippen molar-refractivity contribution in [3.8, 4) is 0 Å². The third kappa shape index (κ3) is 11.7. The molecular weight excluding hydrogens is 158 g/mol. The standard InChI is InChI=1S/C12H25N/c1-12(2)10-8-6-5-7-9-11-13(3)4/h1,5-11H2,2-4H3.